The van der Waals surface area contributed by atoms with Crippen LogP contribution in [0.15, 0.2) is 22.7 Å². The van der Waals surface area contributed by atoms with E-state index >= 15 is 0 Å². The van der Waals surface area contributed by atoms with Crippen molar-refractivity contribution in [3.63, 3.8) is 0 Å². The van der Waals surface area contributed by atoms with E-state index in [2.05, 4.69) is 21.2 Å². The van der Waals surface area contributed by atoms with Gasteiger partial charge in [0, 0.05) is 23.3 Å². The number of unbranched alkanes of at least 4 members (excludes halogenated alkanes) is 1. The molecule has 88 valence electrons. The lowest BCUT2D eigenvalue weighted by atomic mass is 10.2. The summed E-state index contributed by atoms with van der Waals surface area (Å²) < 4.78 is 0.723. The van der Waals surface area contributed by atoms with Crippen LogP contribution in [0.4, 0.5) is 5.69 Å². The van der Waals surface area contributed by atoms with Gasteiger partial charge < -0.3 is 16.2 Å². The Morgan fingerprint density at radius 1 is 1.44 bits per heavy atom. The second kappa shape index (κ2) is 6.50. The van der Waals surface area contributed by atoms with Crippen molar-refractivity contribution in [3.05, 3.63) is 28.2 Å². The fourth-order valence-corrected chi connectivity index (χ4v) is 1.68. The quantitative estimate of drug-likeness (QED) is 0.568. The molecular weight excluding hydrogens is 272 g/mol. The van der Waals surface area contributed by atoms with E-state index in [-0.39, 0.29) is 12.5 Å². The number of nitrogen functional groups attached to an aromatic ring is 1. The third-order valence-electron chi connectivity index (χ3n) is 2.11. The van der Waals surface area contributed by atoms with Gasteiger partial charge in [0.15, 0.2) is 0 Å². The van der Waals surface area contributed by atoms with E-state index in [1.54, 1.807) is 18.2 Å². The van der Waals surface area contributed by atoms with E-state index in [1.807, 2.05) is 0 Å². The molecule has 5 heteroatoms. The predicted octanol–water partition coefficient (Wildman–Crippen LogP) is 1.53. The summed E-state index contributed by atoms with van der Waals surface area (Å²) in [7, 11) is 0. The van der Waals surface area contributed by atoms with Gasteiger partial charge in [-0.05, 0) is 47.0 Å². The summed E-state index contributed by atoms with van der Waals surface area (Å²) in [5.41, 5.74) is 6.70. The number of hydrogen-bond donors (Lipinski definition) is 3. The molecule has 0 saturated carbocycles. The number of aliphatic hydroxyl groups is 1. The monoisotopic (exact) mass is 286 g/mol. The van der Waals surface area contributed by atoms with Crippen molar-refractivity contribution < 1.29 is 9.90 Å². The van der Waals surface area contributed by atoms with Crippen LogP contribution in [0, 0.1) is 0 Å². The molecule has 0 fully saturated rings. The minimum atomic E-state index is -0.155. The molecule has 16 heavy (non-hydrogen) atoms. The van der Waals surface area contributed by atoms with Gasteiger partial charge in [-0.15, -0.1) is 0 Å². The minimum Gasteiger partial charge on any atom is -0.399 e. The van der Waals surface area contributed by atoms with E-state index in [0.717, 1.165) is 10.9 Å². The highest BCUT2D eigenvalue weighted by atomic mass is 79.9. The van der Waals surface area contributed by atoms with Crippen LogP contribution in [0.25, 0.3) is 0 Å². The summed E-state index contributed by atoms with van der Waals surface area (Å²) in [6.45, 7) is 0.707. The molecule has 0 aliphatic carbocycles. The molecule has 0 radical (unpaired) electrons. The number of amides is 1. The first-order chi connectivity index (χ1) is 7.65. The van der Waals surface area contributed by atoms with Gasteiger partial charge in [0.2, 0.25) is 0 Å². The van der Waals surface area contributed by atoms with Gasteiger partial charge in [0.25, 0.3) is 5.91 Å². The third-order valence-corrected chi connectivity index (χ3v) is 2.80. The maximum Gasteiger partial charge on any atom is 0.252 e. The summed E-state index contributed by atoms with van der Waals surface area (Å²) in [5.74, 6) is -0.155. The van der Waals surface area contributed by atoms with Crippen LogP contribution in [0.5, 0.6) is 0 Å². The average molecular weight is 287 g/mol. The lowest BCUT2D eigenvalue weighted by Crippen LogP contribution is -2.25. The SMILES string of the molecule is Nc1ccc(Br)c(C(=O)NCCCCO)c1. The fraction of sp³-hybridized carbons (Fsp3) is 0.364. The van der Waals surface area contributed by atoms with Crippen molar-refractivity contribution in [2.75, 3.05) is 18.9 Å². The van der Waals surface area contributed by atoms with Crippen LogP contribution in [-0.2, 0) is 0 Å². The van der Waals surface area contributed by atoms with E-state index in [9.17, 15) is 4.79 Å². The summed E-state index contributed by atoms with van der Waals surface area (Å²) >= 11 is 3.30. The summed E-state index contributed by atoms with van der Waals surface area (Å²) in [6.07, 6.45) is 1.46. The summed E-state index contributed by atoms with van der Waals surface area (Å²) in [4.78, 5) is 11.7. The first-order valence-corrected chi connectivity index (χ1v) is 5.88. The highest BCUT2D eigenvalue weighted by Crippen LogP contribution is 2.19. The average Bonchev–Trinajstić information content (AvgIpc) is 2.27. The number of anilines is 1. The molecule has 1 aromatic carbocycles. The summed E-state index contributed by atoms with van der Waals surface area (Å²) in [5, 5.41) is 11.4. The number of aliphatic hydroxyl groups excluding tert-OH is 1. The van der Waals surface area contributed by atoms with Crippen LogP contribution < -0.4 is 11.1 Å². The minimum absolute atomic E-state index is 0.151. The molecule has 0 saturated heterocycles. The topological polar surface area (TPSA) is 75.4 Å². The molecule has 4 N–H and O–H groups in total. The Bertz CT molecular complexity index is 369. The Hall–Kier alpha value is -1.07. The van der Waals surface area contributed by atoms with Gasteiger partial charge in [-0.25, -0.2) is 0 Å². The van der Waals surface area contributed by atoms with Crippen molar-refractivity contribution in [3.8, 4) is 0 Å². The number of benzene rings is 1. The largest absolute Gasteiger partial charge is 0.399 e. The normalized spacial score (nSPS) is 10.1. The number of hydrogen-bond acceptors (Lipinski definition) is 3. The Morgan fingerprint density at radius 2 is 2.19 bits per heavy atom. The zero-order valence-electron chi connectivity index (χ0n) is 8.87. The van der Waals surface area contributed by atoms with Gasteiger partial charge in [-0.3, -0.25) is 4.79 Å². The van der Waals surface area contributed by atoms with Gasteiger partial charge in [-0.1, -0.05) is 0 Å². The number of halogens is 1. The molecule has 1 amide bonds. The number of nitrogens with two attached hydrogens (primary N) is 1. The molecule has 0 aliphatic rings. The van der Waals surface area contributed by atoms with Crippen LogP contribution in [0.3, 0.4) is 0 Å². The molecule has 0 bridgehead atoms. The molecule has 4 nitrogen and oxygen atoms in total. The predicted molar refractivity (Wildman–Crippen MR) is 67.2 cm³/mol. The molecule has 1 rings (SSSR count). The molecule has 1 aromatic rings. The van der Waals surface area contributed by atoms with Gasteiger partial charge >= 0.3 is 0 Å². The molecular formula is C11H15BrN2O2. The fourth-order valence-electron chi connectivity index (χ4n) is 1.25. The number of nitrogens with one attached hydrogen (secondary N) is 1. The van der Waals surface area contributed by atoms with Crippen LogP contribution in [0.1, 0.15) is 23.2 Å². The molecule has 0 aromatic heterocycles. The molecule has 0 heterocycles. The number of carbonyl (C=O) groups is 1. The number of rotatable bonds is 5. The third kappa shape index (κ3) is 3.83. The zero-order valence-corrected chi connectivity index (χ0v) is 10.5. The lowest BCUT2D eigenvalue weighted by molar-refractivity contribution is 0.0951. The molecule has 0 unspecified atom stereocenters. The number of carbonyl (C=O) groups excluding carboxylic acids is 1. The first kappa shape index (κ1) is 13.0. The lowest BCUT2D eigenvalue weighted by Gasteiger charge is -2.07. The highest BCUT2D eigenvalue weighted by Gasteiger charge is 2.09. The van der Waals surface area contributed by atoms with E-state index in [4.69, 9.17) is 10.8 Å². The molecule has 0 spiro atoms. The van der Waals surface area contributed by atoms with Crippen LogP contribution >= 0.6 is 15.9 Å². The van der Waals surface area contributed by atoms with Gasteiger partial charge in [-0.2, -0.15) is 0 Å². The second-order valence-electron chi connectivity index (χ2n) is 3.43. The van der Waals surface area contributed by atoms with Gasteiger partial charge in [0.1, 0.15) is 0 Å². The highest BCUT2D eigenvalue weighted by molar-refractivity contribution is 9.10. The standard InChI is InChI=1S/C11H15BrN2O2/c12-10-4-3-8(13)7-9(10)11(16)14-5-1-2-6-15/h3-4,7,15H,1-2,5-6,13H2,(H,14,16). The van der Waals surface area contributed by atoms with Gasteiger partial charge in [0.05, 0.1) is 5.56 Å². The Kier molecular flexibility index (Phi) is 5.28. The van der Waals surface area contributed by atoms with Crippen molar-refractivity contribution in [1.82, 2.24) is 5.32 Å². The van der Waals surface area contributed by atoms with Crippen molar-refractivity contribution in [1.29, 1.82) is 0 Å². The van der Waals surface area contributed by atoms with Crippen LogP contribution in [-0.4, -0.2) is 24.2 Å². The van der Waals surface area contributed by atoms with Crippen molar-refractivity contribution in [2.45, 2.75) is 12.8 Å². The molecule has 0 atom stereocenters. The van der Waals surface area contributed by atoms with Crippen LogP contribution in [0.2, 0.25) is 0 Å². The maximum absolute atomic E-state index is 11.7. The van der Waals surface area contributed by atoms with Crippen molar-refractivity contribution in [2.24, 2.45) is 0 Å². The second-order valence-corrected chi connectivity index (χ2v) is 4.28. The van der Waals surface area contributed by atoms with E-state index in [0.29, 0.717) is 24.2 Å². The first-order valence-electron chi connectivity index (χ1n) is 5.09. The zero-order chi connectivity index (χ0) is 12.0. The van der Waals surface area contributed by atoms with E-state index < -0.39 is 0 Å². The molecule has 0 aliphatic heterocycles. The maximum atomic E-state index is 11.7. The van der Waals surface area contributed by atoms with Crippen molar-refractivity contribution >= 4 is 27.5 Å². The Labute approximate surface area is 103 Å². The summed E-state index contributed by atoms with van der Waals surface area (Å²) in [6, 6.07) is 5.11. The van der Waals surface area contributed by atoms with E-state index in [1.165, 1.54) is 0 Å². The smallest absolute Gasteiger partial charge is 0.252 e. The Balaban J connectivity index is 2.55. The Morgan fingerprint density at radius 3 is 2.88 bits per heavy atom.